The van der Waals surface area contributed by atoms with E-state index in [1.165, 1.54) is 28.8 Å². The number of halogens is 1. The maximum Gasteiger partial charge on any atom is 0.0514 e. The van der Waals surface area contributed by atoms with Crippen LogP contribution in [0.3, 0.4) is 0 Å². The van der Waals surface area contributed by atoms with Crippen molar-refractivity contribution in [3.8, 4) is 0 Å². The molecule has 0 aliphatic carbocycles. The van der Waals surface area contributed by atoms with E-state index in [1.807, 2.05) is 12.1 Å². The van der Waals surface area contributed by atoms with Crippen LogP contribution in [0, 0.1) is 6.92 Å². The number of hydrogen-bond donors (Lipinski definition) is 1. The molecule has 0 amide bonds. The lowest BCUT2D eigenvalue weighted by Gasteiger charge is -2.25. The predicted octanol–water partition coefficient (Wildman–Crippen LogP) is 5.87. The molecule has 0 spiro atoms. The van der Waals surface area contributed by atoms with Gasteiger partial charge in [0, 0.05) is 10.7 Å². The summed E-state index contributed by atoms with van der Waals surface area (Å²) in [5, 5.41) is 4.57. The monoisotopic (exact) mass is 299 g/mol. The third kappa shape index (κ3) is 2.80. The summed E-state index contributed by atoms with van der Waals surface area (Å²) >= 11 is 6.01. The highest BCUT2D eigenvalue weighted by atomic mass is 35.5. The maximum atomic E-state index is 6.01. The number of benzene rings is 2. The van der Waals surface area contributed by atoms with Crippen LogP contribution >= 0.6 is 11.6 Å². The molecule has 1 aliphatic rings. The van der Waals surface area contributed by atoms with Crippen molar-refractivity contribution < 1.29 is 0 Å². The lowest BCUT2D eigenvalue weighted by atomic mass is 9.79. The van der Waals surface area contributed by atoms with Crippen molar-refractivity contribution in [3.63, 3.8) is 0 Å². The molecule has 1 nitrogen and oxygen atoms in total. The highest BCUT2D eigenvalue weighted by Gasteiger charge is 2.30. The van der Waals surface area contributed by atoms with Gasteiger partial charge in [0.2, 0.25) is 0 Å². The molecule has 1 N–H and O–H groups in total. The van der Waals surface area contributed by atoms with E-state index in [0.29, 0.717) is 6.04 Å². The summed E-state index contributed by atoms with van der Waals surface area (Å²) in [4.78, 5) is 0. The zero-order valence-electron chi connectivity index (χ0n) is 12.9. The Morgan fingerprint density at radius 2 is 1.81 bits per heavy atom. The minimum Gasteiger partial charge on any atom is -0.378 e. The molecule has 2 aromatic carbocycles. The van der Waals surface area contributed by atoms with Crippen molar-refractivity contribution in [3.05, 3.63) is 64.2 Å². The normalized spacial score (nSPS) is 20.3. The second-order valence-electron chi connectivity index (χ2n) is 6.67. The number of para-hydroxylation sites is 1. The molecule has 0 saturated heterocycles. The highest BCUT2D eigenvalue weighted by molar-refractivity contribution is 6.30. The molecule has 2 aromatic rings. The second kappa shape index (κ2) is 5.38. The van der Waals surface area contributed by atoms with Crippen LogP contribution in [0.25, 0.3) is 0 Å². The molecule has 3 rings (SSSR count). The van der Waals surface area contributed by atoms with Crippen molar-refractivity contribution in [2.24, 2.45) is 0 Å². The zero-order valence-corrected chi connectivity index (χ0v) is 13.7. The standard InChI is InChI=1S/C19H22ClN/c1-13-5-4-6-16-18(13)21-17(11-12-19(16,2)3)14-7-9-15(20)10-8-14/h4-10,17,21H,11-12H2,1-3H3. The van der Waals surface area contributed by atoms with Crippen LogP contribution in [0.5, 0.6) is 0 Å². The van der Waals surface area contributed by atoms with Gasteiger partial charge in [0.15, 0.2) is 0 Å². The molecule has 0 saturated carbocycles. The molecule has 0 aromatic heterocycles. The Balaban J connectivity index is 2.02. The van der Waals surface area contributed by atoms with Gasteiger partial charge < -0.3 is 5.32 Å². The molecular formula is C19H22ClN. The van der Waals surface area contributed by atoms with Crippen molar-refractivity contribution in [2.75, 3.05) is 5.32 Å². The van der Waals surface area contributed by atoms with Crippen LogP contribution < -0.4 is 5.32 Å². The van der Waals surface area contributed by atoms with Crippen LogP contribution in [-0.4, -0.2) is 0 Å². The van der Waals surface area contributed by atoms with Crippen molar-refractivity contribution >= 4 is 17.3 Å². The van der Waals surface area contributed by atoms with Gasteiger partial charge >= 0.3 is 0 Å². The predicted molar refractivity (Wildman–Crippen MR) is 91.3 cm³/mol. The van der Waals surface area contributed by atoms with Gasteiger partial charge in [-0.3, -0.25) is 0 Å². The molecular weight excluding hydrogens is 278 g/mol. The van der Waals surface area contributed by atoms with Gasteiger partial charge in [-0.1, -0.05) is 55.8 Å². The van der Waals surface area contributed by atoms with E-state index in [-0.39, 0.29) is 5.41 Å². The fourth-order valence-electron chi connectivity index (χ4n) is 3.25. The molecule has 2 heteroatoms. The fraction of sp³-hybridized carbons (Fsp3) is 0.368. The first-order valence-electron chi connectivity index (χ1n) is 7.59. The summed E-state index contributed by atoms with van der Waals surface area (Å²) in [7, 11) is 0. The Morgan fingerprint density at radius 1 is 1.10 bits per heavy atom. The first kappa shape index (κ1) is 14.5. The summed E-state index contributed by atoms with van der Waals surface area (Å²) in [6.45, 7) is 6.88. The molecule has 1 unspecified atom stereocenters. The quantitative estimate of drug-likeness (QED) is 0.694. The summed E-state index contributed by atoms with van der Waals surface area (Å²) in [5.41, 5.74) is 5.57. The molecule has 1 aliphatic heterocycles. The van der Waals surface area contributed by atoms with E-state index in [9.17, 15) is 0 Å². The van der Waals surface area contributed by atoms with Gasteiger partial charge in [-0.15, -0.1) is 0 Å². The van der Waals surface area contributed by atoms with Crippen molar-refractivity contribution in [1.82, 2.24) is 0 Å². The molecule has 0 bridgehead atoms. The Bertz CT molecular complexity index is 643. The van der Waals surface area contributed by atoms with Crippen LogP contribution in [0.2, 0.25) is 5.02 Å². The second-order valence-corrected chi connectivity index (χ2v) is 7.10. The number of fused-ring (bicyclic) bond motifs is 1. The maximum absolute atomic E-state index is 6.01. The van der Waals surface area contributed by atoms with Gasteiger partial charge in [-0.2, -0.15) is 0 Å². The third-order valence-corrected chi connectivity index (χ3v) is 4.90. The number of aryl methyl sites for hydroxylation is 1. The van der Waals surface area contributed by atoms with Gasteiger partial charge in [0.05, 0.1) is 6.04 Å². The lowest BCUT2D eigenvalue weighted by Crippen LogP contribution is -2.16. The van der Waals surface area contributed by atoms with E-state index >= 15 is 0 Å². The third-order valence-electron chi connectivity index (χ3n) is 4.65. The SMILES string of the molecule is Cc1cccc2c1NC(c1ccc(Cl)cc1)CCC2(C)C. The molecule has 0 radical (unpaired) electrons. The minimum absolute atomic E-state index is 0.204. The van der Waals surface area contributed by atoms with E-state index < -0.39 is 0 Å². The molecule has 1 atom stereocenters. The van der Waals surface area contributed by atoms with Crippen molar-refractivity contribution in [2.45, 2.75) is 45.1 Å². The number of rotatable bonds is 1. The van der Waals surface area contributed by atoms with Crippen molar-refractivity contribution in [1.29, 1.82) is 0 Å². The van der Waals surface area contributed by atoms with Crippen LogP contribution in [0.15, 0.2) is 42.5 Å². The number of nitrogens with one attached hydrogen (secondary N) is 1. The first-order chi connectivity index (χ1) is 9.97. The first-order valence-corrected chi connectivity index (χ1v) is 7.97. The Hall–Kier alpha value is -1.47. The summed E-state index contributed by atoms with van der Waals surface area (Å²) in [5.74, 6) is 0. The zero-order chi connectivity index (χ0) is 15.0. The van der Waals surface area contributed by atoms with Gasteiger partial charge in [-0.25, -0.2) is 0 Å². The Labute approximate surface area is 132 Å². The molecule has 1 heterocycles. The van der Waals surface area contributed by atoms with Gasteiger partial charge in [0.25, 0.3) is 0 Å². The van der Waals surface area contributed by atoms with Crippen LogP contribution in [0.4, 0.5) is 5.69 Å². The average molecular weight is 300 g/mol. The van der Waals surface area contributed by atoms with E-state index in [0.717, 1.165) is 11.4 Å². The van der Waals surface area contributed by atoms with E-state index in [4.69, 9.17) is 11.6 Å². The molecule has 110 valence electrons. The Kier molecular flexibility index (Phi) is 3.71. The average Bonchev–Trinajstić information content (AvgIpc) is 2.58. The van der Waals surface area contributed by atoms with E-state index in [1.54, 1.807) is 0 Å². The largest absolute Gasteiger partial charge is 0.378 e. The molecule has 21 heavy (non-hydrogen) atoms. The Morgan fingerprint density at radius 3 is 2.52 bits per heavy atom. The van der Waals surface area contributed by atoms with E-state index in [2.05, 4.69) is 56.4 Å². The fourth-order valence-corrected chi connectivity index (χ4v) is 3.38. The minimum atomic E-state index is 0.204. The lowest BCUT2D eigenvalue weighted by molar-refractivity contribution is 0.457. The highest BCUT2D eigenvalue weighted by Crippen LogP contribution is 2.42. The summed E-state index contributed by atoms with van der Waals surface area (Å²) < 4.78 is 0. The van der Waals surface area contributed by atoms with Gasteiger partial charge in [0.1, 0.15) is 0 Å². The summed E-state index contributed by atoms with van der Waals surface area (Å²) in [6, 6.07) is 15.2. The number of anilines is 1. The summed E-state index contributed by atoms with van der Waals surface area (Å²) in [6.07, 6.45) is 2.30. The molecule has 0 fully saturated rings. The smallest absolute Gasteiger partial charge is 0.0514 e. The van der Waals surface area contributed by atoms with Crippen LogP contribution in [0.1, 0.15) is 49.4 Å². The topological polar surface area (TPSA) is 12.0 Å². The number of hydrogen-bond acceptors (Lipinski definition) is 1. The van der Waals surface area contributed by atoms with Gasteiger partial charge in [-0.05, 0) is 54.0 Å². The van der Waals surface area contributed by atoms with Crippen LogP contribution in [-0.2, 0) is 5.41 Å².